The molecule has 0 aliphatic carbocycles. The molecule has 2 aromatic carbocycles. The lowest BCUT2D eigenvalue weighted by molar-refractivity contribution is 0.417. The highest BCUT2D eigenvalue weighted by Crippen LogP contribution is 2.31. The second-order valence-electron chi connectivity index (χ2n) is 4.84. The fourth-order valence-electron chi connectivity index (χ4n) is 2.38. The number of hydrogen-bond donors (Lipinski definition) is 1. The number of hydrogen-bond acceptors (Lipinski definition) is 2. The van der Waals surface area contributed by atoms with E-state index < -0.39 is 0 Å². The SMILES string of the molecule is COc1c(C)ccc2[nH]nc(/C=C/c3cccc(F)c3)c12. The highest BCUT2D eigenvalue weighted by molar-refractivity contribution is 5.95. The van der Waals surface area contributed by atoms with E-state index in [0.29, 0.717) is 0 Å². The highest BCUT2D eigenvalue weighted by Gasteiger charge is 2.11. The normalized spacial score (nSPS) is 11.4. The van der Waals surface area contributed by atoms with Gasteiger partial charge in [-0.2, -0.15) is 5.10 Å². The molecule has 3 rings (SSSR count). The number of aromatic nitrogens is 2. The van der Waals surface area contributed by atoms with Crippen LogP contribution >= 0.6 is 0 Å². The van der Waals surface area contributed by atoms with Crippen LogP contribution in [0.25, 0.3) is 23.1 Å². The summed E-state index contributed by atoms with van der Waals surface area (Å²) in [5, 5.41) is 8.21. The van der Waals surface area contributed by atoms with Gasteiger partial charge < -0.3 is 4.74 Å². The maximum atomic E-state index is 13.2. The third-order valence-electron chi connectivity index (χ3n) is 3.39. The average molecular weight is 282 g/mol. The molecule has 106 valence electrons. The topological polar surface area (TPSA) is 37.9 Å². The van der Waals surface area contributed by atoms with Gasteiger partial charge >= 0.3 is 0 Å². The number of methoxy groups -OCH3 is 1. The monoisotopic (exact) mass is 282 g/mol. The number of H-pyrrole nitrogens is 1. The molecule has 3 aromatic rings. The van der Waals surface area contributed by atoms with E-state index in [1.54, 1.807) is 13.2 Å². The van der Waals surface area contributed by atoms with Crippen molar-refractivity contribution in [2.24, 2.45) is 0 Å². The summed E-state index contributed by atoms with van der Waals surface area (Å²) in [6.07, 6.45) is 3.69. The summed E-state index contributed by atoms with van der Waals surface area (Å²) in [4.78, 5) is 0. The second kappa shape index (κ2) is 5.40. The van der Waals surface area contributed by atoms with Gasteiger partial charge in [0.05, 0.1) is 23.7 Å². The molecule has 1 heterocycles. The lowest BCUT2D eigenvalue weighted by Crippen LogP contribution is -1.88. The molecule has 0 atom stereocenters. The van der Waals surface area contributed by atoms with E-state index in [1.807, 2.05) is 37.3 Å². The van der Waals surface area contributed by atoms with Gasteiger partial charge in [0.2, 0.25) is 0 Å². The summed E-state index contributed by atoms with van der Waals surface area (Å²) < 4.78 is 18.7. The van der Waals surface area contributed by atoms with Crippen LogP contribution in [0.2, 0.25) is 0 Å². The molecule has 4 heteroatoms. The van der Waals surface area contributed by atoms with E-state index in [9.17, 15) is 4.39 Å². The summed E-state index contributed by atoms with van der Waals surface area (Å²) >= 11 is 0. The molecular formula is C17H15FN2O. The Morgan fingerprint density at radius 3 is 2.81 bits per heavy atom. The largest absolute Gasteiger partial charge is 0.496 e. The Morgan fingerprint density at radius 2 is 2.05 bits per heavy atom. The zero-order chi connectivity index (χ0) is 14.8. The smallest absolute Gasteiger partial charge is 0.133 e. The molecule has 21 heavy (non-hydrogen) atoms. The minimum absolute atomic E-state index is 0.252. The number of nitrogens with one attached hydrogen (secondary N) is 1. The van der Waals surface area contributed by atoms with Gasteiger partial charge in [-0.05, 0) is 42.3 Å². The zero-order valence-electron chi connectivity index (χ0n) is 11.9. The van der Waals surface area contributed by atoms with Crippen LogP contribution in [0.15, 0.2) is 36.4 Å². The van der Waals surface area contributed by atoms with Crippen molar-refractivity contribution in [3.05, 3.63) is 59.0 Å². The van der Waals surface area contributed by atoms with Gasteiger partial charge in [0.25, 0.3) is 0 Å². The second-order valence-corrected chi connectivity index (χ2v) is 4.84. The first-order valence-corrected chi connectivity index (χ1v) is 6.64. The summed E-state index contributed by atoms with van der Waals surface area (Å²) in [6, 6.07) is 10.4. The average Bonchev–Trinajstić information content (AvgIpc) is 2.88. The van der Waals surface area contributed by atoms with Crippen molar-refractivity contribution in [3.63, 3.8) is 0 Å². The molecule has 1 aromatic heterocycles. The first-order valence-electron chi connectivity index (χ1n) is 6.64. The molecule has 0 fully saturated rings. The Labute approximate surface area is 122 Å². The highest BCUT2D eigenvalue weighted by atomic mass is 19.1. The Bertz CT molecular complexity index is 821. The van der Waals surface area contributed by atoms with Gasteiger partial charge in [-0.1, -0.05) is 24.3 Å². The van der Waals surface area contributed by atoms with Gasteiger partial charge in [0, 0.05) is 0 Å². The van der Waals surface area contributed by atoms with E-state index in [4.69, 9.17) is 4.74 Å². The van der Waals surface area contributed by atoms with Gasteiger partial charge in [0.1, 0.15) is 11.6 Å². The number of benzene rings is 2. The molecular weight excluding hydrogens is 267 g/mol. The summed E-state index contributed by atoms with van der Waals surface area (Å²) in [5.74, 6) is 0.553. The third-order valence-corrected chi connectivity index (χ3v) is 3.39. The number of fused-ring (bicyclic) bond motifs is 1. The predicted molar refractivity (Wildman–Crippen MR) is 82.7 cm³/mol. The van der Waals surface area contributed by atoms with Crippen LogP contribution in [-0.2, 0) is 0 Å². The zero-order valence-corrected chi connectivity index (χ0v) is 11.9. The first-order chi connectivity index (χ1) is 10.2. The van der Waals surface area contributed by atoms with E-state index in [1.165, 1.54) is 12.1 Å². The Hall–Kier alpha value is -2.62. The van der Waals surface area contributed by atoms with E-state index in [0.717, 1.165) is 33.5 Å². The number of nitrogens with zero attached hydrogens (tertiary/aromatic N) is 1. The molecule has 0 spiro atoms. The maximum Gasteiger partial charge on any atom is 0.133 e. The van der Waals surface area contributed by atoms with E-state index in [2.05, 4.69) is 10.2 Å². The fourth-order valence-corrected chi connectivity index (χ4v) is 2.38. The quantitative estimate of drug-likeness (QED) is 0.782. The minimum atomic E-state index is -0.252. The van der Waals surface area contributed by atoms with Crippen LogP contribution in [0, 0.1) is 12.7 Å². The lowest BCUT2D eigenvalue weighted by Gasteiger charge is -2.05. The summed E-state index contributed by atoms with van der Waals surface area (Å²) in [5.41, 5.74) is 3.52. The molecule has 0 unspecified atom stereocenters. The summed E-state index contributed by atoms with van der Waals surface area (Å²) in [6.45, 7) is 1.99. The molecule has 0 saturated heterocycles. The maximum absolute atomic E-state index is 13.2. The van der Waals surface area contributed by atoms with Crippen LogP contribution < -0.4 is 4.74 Å². The van der Waals surface area contributed by atoms with Gasteiger partial charge in [-0.15, -0.1) is 0 Å². The van der Waals surface area contributed by atoms with Crippen LogP contribution in [0.5, 0.6) is 5.75 Å². The molecule has 0 saturated carbocycles. The van der Waals surface area contributed by atoms with E-state index in [-0.39, 0.29) is 5.82 Å². The molecule has 0 aliphatic rings. The number of halogens is 1. The van der Waals surface area contributed by atoms with Crippen molar-refractivity contribution in [2.45, 2.75) is 6.92 Å². The van der Waals surface area contributed by atoms with Crippen LogP contribution in [0.4, 0.5) is 4.39 Å². The van der Waals surface area contributed by atoms with Crippen molar-refractivity contribution in [3.8, 4) is 5.75 Å². The van der Waals surface area contributed by atoms with Crippen LogP contribution in [0.3, 0.4) is 0 Å². The standard InChI is InChI=1S/C17H15FN2O/c1-11-6-8-14-16(17(11)21-2)15(20-19-14)9-7-12-4-3-5-13(18)10-12/h3-10H,1-2H3,(H,19,20)/b9-7+. The fraction of sp³-hybridized carbons (Fsp3) is 0.118. The molecule has 0 amide bonds. The van der Waals surface area contributed by atoms with Crippen molar-refractivity contribution >= 4 is 23.1 Å². The van der Waals surface area contributed by atoms with Crippen molar-refractivity contribution < 1.29 is 9.13 Å². The van der Waals surface area contributed by atoms with Crippen molar-refractivity contribution in [2.75, 3.05) is 7.11 Å². The lowest BCUT2D eigenvalue weighted by atomic mass is 10.1. The molecule has 0 bridgehead atoms. The van der Waals surface area contributed by atoms with Crippen LogP contribution in [-0.4, -0.2) is 17.3 Å². The Balaban J connectivity index is 2.07. The van der Waals surface area contributed by atoms with Crippen molar-refractivity contribution in [1.29, 1.82) is 0 Å². The van der Waals surface area contributed by atoms with Crippen LogP contribution in [0.1, 0.15) is 16.8 Å². The summed E-state index contributed by atoms with van der Waals surface area (Å²) in [7, 11) is 1.65. The Kier molecular flexibility index (Phi) is 3.44. The van der Waals surface area contributed by atoms with Crippen molar-refractivity contribution in [1.82, 2.24) is 10.2 Å². The first kappa shape index (κ1) is 13.4. The van der Waals surface area contributed by atoms with Gasteiger partial charge in [-0.3, -0.25) is 5.10 Å². The molecule has 0 aliphatic heterocycles. The molecule has 3 nitrogen and oxygen atoms in total. The molecule has 0 radical (unpaired) electrons. The number of ether oxygens (including phenoxy) is 1. The number of aromatic amines is 1. The van der Waals surface area contributed by atoms with E-state index >= 15 is 0 Å². The predicted octanol–water partition coefficient (Wildman–Crippen LogP) is 4.19. The third kappa shape index (κ3) is 2.52. The van der Waals surface area contributed by atoms with Gasteiger partial charge in [0.15, 0.2) is 0 Å². The minimum Gasteiger partial charge on any atom is -0.496 e. The molecule has 1 N–H and O–H groups in total. The number of aryl methyl sites for hydroxylation is 1. The van der Waals surface area contributed by atoms with Gasteiger partial charge in [-0.25, -0.2) is 4.39 Å². The number of rotatable bonds is 3. The Morgan fingerprint density at radius 1 is 1.19 bits per heavy atom.